The van der Waals surface area contributed by atoms with Crippen LogP contribution in [0.25, 0.3) is 0 Å². The molecule has 8 heteroatoms. The molecule has 0 bridgehead atoms. The van der Waals surface area contributed by atoms with Gasteiger partial charge in [-0.1, -0.05) is 0 Å². The third-order valence-electron chi connectivity index (χ3n) is 2.57. The molecule has 2 aromatic rings. The van der Waals surface area contributed by atoms with E-state index in [9.17, 15) is 19.3 Å². The molecule has 0 atom stereocenters. The molecule has 1 N–H and O–H groups in total. The van der Waals surface area contributed by atoms with E-state index in [-0.39, 0.29) is 17.9 Å². The summed E-state index contributed by atoms with van der Waals surface area (Å²) in [5.41, 5.74) is -0.0203. The van der Waals surface area contributed by atoms with Gasteiger partial charge in [0.15, 0.2) is 0 Å². The molecule has 0 amide bonds. The summed E-state index contributed by atoms with van der Waals surface area (Å²) in [6.45, 7) is 1.91. The molecule has 0 aliphatic heterocycles. The number of rotatable bonds is 5. The molecule has 1 aromatic carbocycles. The minimum atomic E-state index is -0.705. The fourth-order valence-electron chi connectivity index (χ4n) is 1.66. The lowest BCUT2D eigenvalue weighted by molar-refractivity contribution is -0.384. The summed E-state index contributed by atoms with van der Waals surface area (Å²) >= 11 is 1.19. The van der Waals surface area contributed by atoms with Crippen molar-refractivity contribution >= 4 is 33.7 Å². The van der Waals surface area contributed by atoms with Crippen LogP contribution in [0.5, 0.6) is 0 Å². The number of halogens is 1. The smallest absolute Gasteiger partial charge is 0.341 e. The highest BCUT2D eigenvalue weighted by Crippen LogP contribution is 2.32. The van der Waals surface area contributed by atoms with Crippen LogP contribution in [0, 0.1) is 15.9 Å². The number of ether oxygens (including phenoxy) is 1. The van der Waals surface area contributed by atoms with Crippen molar-refractivity contribution in [1.82, 2.24) is 0 Å². The summed E-state index contributed by atoms with van der Waals surface area (Å²) in [6.07, 6.45) is 0. The lowest BCUT2D eigenvalue weighted by Gasteiger charge is -2.07. The van der Waals surface area contributed by atoms with Crippen LogP contribution in [-0.4, -0.2) is 17.5 Å². The Kier molecular flexibility index (Phi) is 4.49. The maximum atomic E-state index is 13.1. The molecule has 6 nitrogen and oxygen atoms in total. The number of nitrogens with one attached hydrogen (secondary N) is 1. The number of nitro groups is 1. The molecular weight excluding hydrogens is 299 g/mol. The molecule has 1 aromatic heterocycles. The average molecular weight is 310 g/mol. The second-order valence-corrected chi connectivity index (χ2v) is 4.84. The zero-order valence-electron chi connectivity index (χ0n) is 11.0. The first-order valence-corrected chi connectivity index (χ1v) is 6.86. The van der Waals surface area contributed by atoms with Crippen LogP contribution in [0.2, 0.25) is 0 Å². The van der Waals surface area contributed by atoms with E-state index < -0.39 is 22.4 Å². The van der Waals surface area contributed by atoms with Crippen molar-refractivity contribution in [3.05, 3.63) is 51.1 Å². The molecule has 0 unspecified atom stereocenters. The van der Waals surface area contributed by atoms with E-state index in [1.54, 1.807) is 18.4 Å². The van der Waals surface area contributed by atoms with E-state index in [0.717, 1.165) is 12.1 Å². The Labute approximate surface area is 123 Å². The van der Waals surface area contributed by atoms with Crippen molar-refractivity contribution in [2.24, 2.45) is 0 Å². The van der Waals surface area contributed by atoms with Crippen molar-refractivity contribution in [2.75, 3.05) is 11.9 Å². The topological polar surface area (TPSA) is 81.5 Å². The number of nitro benzene ring substituents is 1. The Morgan fingerprint density at radius 3 is 2.90 bits per heavy atom. The number of benzene rings is 1. The first-order chi connectivity index (χ1) is 10.0. The van der Waals surface area contributed by atoms with Crippen LogP contribution in [0.4, 0.5) is 20.8 Å². The molecular formula is C13H11FN2O4S. The highest BCUT2D eigenvalue weighted by atomic mass is 32.1. The number of hydrogen-bond acceptors (Lipinski definition) is 6. The van der Waals surface area contributed by atoms with Gasteiger partial charge < -0.3 is 10.1 Å². The Morgan fingerprint density at radius 1 is 1.48 bits per heavy atom. The van der Waals surface area contributed by atoms with E-state index in [4.69, 9.17) is 4.74 Å². The molecule has 0 fully saturated rings. The lowest BCUT2D eigenvalue weighted by atomic mass is 10.2. The summed E-state index contributed by atoms with van der Waals surface area (Å²) in [7, 11) is 0. The Balaban J connectivity index is 2.33. The summed E-state index contributed by atoms with van der Waals surface area (Å²) in [5.74, 6) is -1.23. The zero-order chi connectivity index (χ0) is 15.4. The number of nitrogens with zero attached hydrogens (tertiary/aromatic N) is 1. The normalized spacial score (nSPS) is 10.2. The van der Waals surface area contributed by atoms with Gasteiger partial charge in [0.25, 0.3) is 5.69 Å². The molecule has 1 heterocycles. The van der Waals surface area contributed by atoms with E-state index in [1.165, 1.54) is 17.4 Å². The highest BCUT2D eigenvalue weighted by Gasteiger charge is 2.19. The molecule has 0 saturated heterocycles. The van der Waals surface area contributed by atoms with Crippen LogP contribution in [0.1, 0.15) is 17.3 Å². The fraction of sp³-hybridized carbons (Fsp3) is 0.154. The predicted molar refractivity (Wildman–Crippen MR) is 76.6 cm³/mol. The summed E-state index contributed by atoms with van der Waals surface area (Å²) in [5, 5.41) is 15.8. The number of esters is 1. The van der Waals surface area contributed by atoms with Gasteiger partial charge >= 0.3 is 5.97 Å². The van der Waals surface area contributed by atoms with Gasteiger partial charge in [0.1, 0.15) is 16.5 Å². The summed E-state index contributed by atoms with van der Waals surface area (Å²) in [4.78, 5) is 22.0. The van der Waals surface area contributed by atoms with Crippen molar-refractivity contribution < 1.29 is 18.8 Å². The van der Waals surface area contributed by atoms with Crippen molar-refractivity contribution in [1.29, 1.82) is 0 Å². The van der Waals surface area contributed by atoms with E-state index >= 15 is 0 Å². The minimum Gasteiger partial charge on any atom is -0.462 e. The van der Waals surface area contributed by atoms with E-state index in [1.807, 2.05) is 0 Å². The Bertz CT molecular complexity index is 687. The SMILES string of the molecule is CCOC(=O)c1ccsc1Nc1ccc(F)cc1[N+](=O)[O-]. The van der Waals surface area contributed by atoms with Gasteiger partial charge in [0.05, 0.1) is 23.2 Å². The van der Waals surface area contributed by atoms with Gasteiger partial charge in [-0.05, 0) is 30.5 Å². The summed E-state index contributed by atoms with van der Waals surface area (Å²) in [6, 6.07) is 4.73. The maximum absolute atomic E-state index is 13.1. The first kappa shape index (κ1) is 14.9. The van der Waals surface area contributed by atoms with Crippen molar-refractivity contribution in [3.63, 3.8) is 0 Å². The molecule has 0 saturated carbocycles. The molecule has 2 rings (SSSR count). The molecule has 0 aliphatic rings. The molecule has 21 heavy (non-hydrogen) atoms. The quantitative estimate of drug-likeness (QED) is 0.517. The van der Waals surface area contributed by atoms with Gasteiger partial charge in [-0.15, -0.1) is 11.3 Å². The van der Waals surface area contributed by atoms with Crippen LogP contribution in [0.3, 0.4) is 0 Å². The zero-order valence-corrected chi connectivity index (χ0v) is 11.8. The lowest BCUT2D eigenvalue weighted by Crippen LogP contribution is -2.06. The average Bonchev–Trinajstić information content (AvgIpc) is 2.89. The maximum Gasteiger partial charge on any atom is 0.341 e. The van der Waals surface area contributed by atoms with E-state index in [0.29, 0.717) is 5.00 Å². The van der Waals surface area contributed by atoms with Crippen molar-refractivity contribution in [3.8, 4) is 0 Å². The third-order valence-corrected chi connectivity index (χ3v) is 3.40. The highest BCUT2D eigenvalue weighted by molar-refractivity contribution is 7.14. The van der Waals surface area contributed by atoms with Gasteiger partial charge in [-0.3, -0.25) is 10.1 Å². The second-order valence-electron chi connectivity index (χ2n) is 3.93. The van der Waals surface area contributed by atoms with Crippen LogP contribution < -0.4 is 5.32 Å². The van der Waals surface area contributed by atoms with Crippen LogP contribution in [0.15, 0.2) is 29.6 Å². The van der Waals surface area contributed by atoms with Crippen LogP contribution >= 0.6 is 11.3 Å². The number of thiophene rings is 1. The number of carbonyl (C=O) groups excluding carboxylic acids is 1. The monoisotopic (exact) mass is 310 g/mol. The van der Waals surface area contributed by atoms with Gasteiger partial charge in [-0.25, -0.2) is 9.18 Å². The Morgan fingerprint density at radius 2 is 2.24 bits per heavy atom. The standard InChI is InChI=1S/C13H11FN2O4S/c1-2-20-13(17)9-5-6-21-12(9)15-10-4-3-8(14)7-11(10)16(18)19/h3-7,15H,2H2,1H3. The number of anilines is 2. The first-order valence-electron chi connectivity index (χ1n) is 5.98. The summed E-state index contributed by atoms with van der Waals surface area (Å²) < 4.78 is 18.0. The second kappa shape index (κ2) is 6.31. The molecule has 0 aliphatic carbocycles. The van der Waals surface area contributed by atoms with Crippen molar-refractivity contribution in [2.45, 2.75) is 6.92 Å². The minimum absolute atomic E-state index is 0.106. The van der Waals surface area contributed by atoms with Gasteiger partial charge in [0.2, 0.25) is 0 Å². The van der Waals surface area contributed by atoms with Crippen LogP contribution in [-0.2, 0) is 4.74 Å². The third kappa shape index (κ3) is 3.34. The largest absolute Gasteiger partial charge is 0.462 e. The number of hydrogen-bond donors (Lipinski definition) is 1. The van der Waals surface area contributed by atoms with E-state index in [2.05, 4.69) is 5.32 Å². The Hall–Kier alpha value is -2.48. The molecule has 0 spiro atoms. The molecule has 0 radical (unpaired) electrons. The fourth-order valence-corrected chi connectivity index (χ4v) is 2.45. The number of carbonyl (C=O) groups is 1. The van der Waals surface area contributed by atoms with Gasteiger partial charge in [-0.2, -0.15) is 0 Å². The predicted octanol–water partition coefficient (Wildman–Crippen LogP) is 3.72. The van der Waals surface area contributed by atoms with Gasteiger partial charge in [0, 0.05) is 0 Å². The molecule has 110 valence electrons.